The number of nitro groups is 1. The topological polar surface area (TPSA) is 126 Å². The van der Waals surface area contributed by atoms with Gasteiger partial charge in [-0.3, -0.25) is 19.7 Å². The molecule has 2 heterocycles. The highest BCUT2D eigenvalue weighted by Gasteiger charge is 2.44. The van der Waals surface area contributed by atoms with Gasteiger partial charge < -0.3 is 24.4 Å². The smallest absolute Gasteiger partial charge is 0.295 e. The van der Waals surface area contributed by atoms with E-state index in [0.29, 0.717) is 37.7 Å². The van der Waals surface area contributed by atoms with Gasteiger partial charge in [0.2, 0.25) is 5.78 Å². The zero-order valence-electron chi connectivity index (χ0n) is 20.1. The molecule has 2 fully saturated rings. The summed E-state index contributed by atoms with van der Waals surface area (Å²) in [5.41, 5.74) is 0.222. The third-order valence-electron chi connectivity index (χ3n) is 6.42. The van der Waals surface area contributed by atoms with Gasteiger partial charge in [-0.25, -0.2) is 0 Å². The van der Waals surface area contributed by atoms with E-state index in [1.165, 1.54) is 28.0 Å². The first kappa shape index (κ1) is 25.3. The second-order valence-corrected chi connectivity index (χ2v) is 8.81. The number of hydrogen-bond donors (Lipinski definition) is 1. The fourth-order valence-corrected chi connectivity index (χ4v) is 4.52. The van der Waals surface area contributed by atoms with E-state index in [0.717, 1.165) is 19.5 Å². The third kappa shape index (κ3) is 5.39. The first-order chi connectivity index (χ1) is 17.4. The number of hydrogen-bond acceptors (Lipinski definition) is 7. The number of quaternary nitrogens is 1. The minimum absolute atomic E-state index is 0.178. The molecule has 2 aliphatic rings. The largest absolute Gasteiger partial charge is 0.872 e. The quantitative estimate of drug-likeness (QED) is 0.177. The number of carbonyl (C=O) groups is 2. The van der Waals surface area contributed by atoms with Gasteiger partial charge in [-0.1, -0.05) is 36.9 Å². The Bertz CT molecular complexity index is 1160. The monoisotopic (exact) mass is 495 g/mol. The third-order valence-corrected chi connectivity index (χ3v) is 6.42. The van der Waals surface area contributed by atoms with Crippen molar-refractivity contribution in [3.05, 3.63) is 75.3 Å². The Morgan fingerprint density at radius 2 is 1.89 bits per heavy atom. The van der Waals surface area contributed by atoms with Crippen LogP contribution in [0.4, 0.5) is 5.69 Å². The number of rotatable bonds is 9. The predicted octanol–water partition coefficient (Wildman–Crippen LogP) is 0.523. The Kier molecular flexibility index (Phi) is 7.97. The zero-order valence-corrected chi connectivity index (χ0v) is 20.1. The number of morpholine rings is 1. The van der Waals surface area contributed by atoms with Gasteiger partial charge in [0.05, 0.1) is 43.9 Å². The molecular weight excluding hydrogens is 466 g/mol. The summed E-state index contributed by atoms with van der Waals surface area (Å²) in [6.45, 7) is 6.10. The number of ether oxygens (including phenoxy) is 2. The summed E-state index contributed by atoms with van der Waals surface area (Å²) in [6, 6.07) is 11.2. The molecule has 2 aliphatic heterocycles. The number of likely N-dealkylation sites (tertiary alicyclic amines) is 1. The molecule has 4 rings (SSSR count). The van der Waals surface area contributed by atoms with E-state index in [1.807, 2.05) is 6.92 Å². The molecule has 190 valence electrons. The minimum atomic E-state index is -1.01. The summed E-state index contributed by atoms with van der Waals surface area (Å²) in [4.78, 5) is 39.7. The molecule has 2 saturated heterocycles. The van der Waals surface area contributed by atoms with Gasteiger partial charge >= 0.3 is 0 Å². The van der Waals surface area contributed by atoms with Crippen molar-refractivity contribution in [1.29, 1.82) is 0 Å². The van der Waals surface area contributed by atoms with Crippen molar-refractivity contribution < 1.29 is 34.0 Å². The van der Waals surface area contributed by atoms with Gasteiger partial charge in [0, 0.05) is 17.7 Å². The van der Waals surface area contributed by atoms with Crippen LogP contribution in [0.15, 0.2) is 54.1 Å². The summed E-state index contributed by atoms with van der Waals surface area (Å²) in [5.74, 6) is -1.63. The number of nitro benzene ring substituents is 1. The zero-order chi connectivity index (χ0) is 25.7. The van der Waals surface area contributed by atoms with Gasteiger partial charge in [0.1, 0.15) is 18.8 Å². The number of carbonyl (C=O) groups excluding carboxylic acids is 2. The van der Waals surface area contributed by atoms with E-state index in [-0.39, 0.29) is 23.4 Å². The lowest BCUT2D eigenvalue weighted by atomic mass is 9.95. The molecule has 0 saturated carbocycles. The molecule has 0 aliphatic carbocycles. The Morgan fingerprint density at radius 3 is 2.56 bits per heavy atom. The Morgan fingerprint density at radius 1 is 1.17 bits per heavy atom. The van der Waals surface area contributed by atoms with Crippen LogP contribution in [0.25, 0.3) is 5.76 Å². The predicted molar refractivity (Wildman–Crippen MR) is 128 cm³/mol. The second-order valence-electron chi connectivity index (χ2n) is 8.81. The van der Waals surface area contributed by atoms with Gasteiger partial charge in [-0.2, -0.15) is 0 Å². The van der Waals surface area contributed by atoms with Crippen LogP contribution in [0, 0.1) is 10.1 Å². The summed E-state index contributed by atoms with van der Waals surface area (Å²) >= 11 is 0. The molecule has 1 N–H and O–H groups in total. The Balaban J connectivity index is 1.72. The summed E-state index contributed by atoms with van der Waals surface area (Å²) < 4.78 is 10.9. The Labute approximate surface area is 208 Å². The summed E-state index contributed by atoms with van der Waals surface area (Å²) in [6.07, 6.45) is 0.835. The second kappa shape index (κ2) is 11.3. The highest BCUT2D eigenvalue weighted by molar-refractivity contribution is 6.46. The normalized spacial score (nSPS) is 20.0. The van der Waals surface area contributed by atoms with Crippen molar-refractivity contribution in [1.82, 2.24) is 4.90 Å². The van der Waals surface area contributed by atoms with Gasteiger partial charge in [0.15, 0.2) is 0 Å². The van der Waals surface area contributed by atoms with E-state index in [1.54, 1.807) is 30.3 Å². The lowest BCUT2D eigenvalue weighted by molar-refractivity contribution is -0.907. The average molecular weight is 496 g/mol. The number of amides is 1. The molecule has 0 spiro atoms. The van der Waals surface area contributed by atoms with Crippen LogP contribution in [0.1, 0.15) is 30.5 Å². The van der Waals surface area contributed by atoms with Crippen LogP contribution < -0.4 is 14.7 Å². The molecule has 1 amide bonds. The molecule has 0 bridgehead atoms. The van der Waals surface area contributed by atoms with Gasteiger partial charge in [-0.05, 0) is 29.7 Å². The first-order valence-corrected chi connectivity index (χ1v) is 12.1. The fourth-order valence-electron chi connectivity index (χ4n) is 4.52. The molecule has 36 heavy (non-hydrogen) atoms. The number of ketones is 1. The van der Waals surface area contributed by atoms with Crippen LogP contribution in [-0.2, 0) is 14.3 Å². The van der Waals surface area contributed by atoms with E-state index in [9.17, 15) is 24.8 Å². The number of nitrogens with one attached hydrogen (secondary N) is 1. The minimum Gasteiger partial charge on any atom is -0.872 e. The maximum atomic E-state index is 13.5. The number of benzene rings is 2. The van der Waals surface area contributed by atoms with Crippen molar-refractivity contribution in [2.75, 3.05) is 46.0 Å². The van der Waals surface area contributed by atoms with Crippen molar-refractivity contribution in [3.8, 4) is 5.75 Å². The lowest BCUT2D eigenvalue weighted by Crippen LogP contribution is -3.14. The molecule has 0 radical (unpaired) electrons. The average Bonchev–Trinajstić information content (AvgIpc) is 3.16. The number of nitrogens with zero attached hydrogens (tertiary/aromatic N) is 2. The molecule has 10 heteroatoms. The molecule has 2 aromatic carbocycles. The molecule has 10 nitrogen and oxygen atoms in total. The van der Waals surface area contributed by atoms with Gasteiger partial charge in [-0.15, -0.1) is 0 Å². The molecule has 1 unspecified atom stereocenters. The van der Waals surface area contributed by atoms with E-state index >= 15 is 0 Å². The standard InChI is InChI=1S/C26H29N3O7/c1-2-14-36-21-8-6-18(7-9-21)24(30)22-23(19-4-3-5-20(17-19)29(33)34)28(26(32)25(22)31)11-10-27-12-15-35-16-13-27/h3-9,17,23,30H,2,10-16H2,1H3. The maximum Gasteiger partial charge on any atom is 0.295 e. The van der Waals surface area contributed by atoms with Crippen LogP contribution >= 0.6 is 0 Å². The van der Waals surface area contributed by atoms with Crippen LogP contribution in [0.3, 0.4) is 0 Å². The van der Waals surface area contributed by atoms with Crippen molar-refractivity contribution in [2.24, 2.45) is 0 Å². The lowest BCUT2D eigenvalue weighted by Gasteiger charge is -2.30. The molecule has 0 aromatic heterocycles. The van der Waals surface area contributed by atoms with Crippen molar-refractivity contribution in [2.45, 2.75) is 19.4 Å². The number of non-ortho nitro benzene ring substituents is 1. The van der Waals surface area contributed by atoms with E-state index in [4.69, 9.17) is 9.47 Å². The molecule has 2 aromatic rings. The maximum absolute atomic E-state index is 13.5. The van der Waals surface area contributed by atoms with E-state index in [2.05, 4.69) is 0 Å². The number of Topliss-reactive ketones (excluding diaryl/α,β-unsaturated/α-hetero) is 1. The fraction of sp³-hybridized carbons (Fsp3) is 0.385. The van der Waals surface area contributed by atoms with Crippen molar-refractivity contribution in [3.63, 3.8) is 0 Å². The summed E-state index contributed by atoms with van der Waals surface area (Å²) in [7, 11) is 0. The van der Waals surface area contributed by atoms with Crippen LogP contribution in [0.2, 0.25) is 0 Å². The Hall–Kier alpha value is -3.76. The van der Waals surface area contributed by atoms with E-state index < -0.39 is 28.4 Å². The van der Waals surface area contributed by atoms with Crippen molar-refractivity contribution >= 4 is 23.1 Å². The summed E-state index contributed by atoms with van der Waals surface area (Å²) in [5, 5.41) is 25.0. The molecular formula is C26H29N3O7. The first-order valence-electron chi connectivity index (χ1n) is 12.1. The van der Waals surface area contributed by atoms with Crippen LogP contribution in [-0.4, -0.2) is 67.5 Å². The SMILES string of the molecule is CCCOc1ccc(C([O-])=C2C(=O)C(=O)N(CC[NH+]3CCOCC3)C2c2cccc([N+](=O)[O-])c2)cc1. The highest BCUT2D eigenvalue weighted by atomic mass is 16.6. The highest BCUT2D eigenvalue weighted by Crippen LogP contribution is 2.39. The van der Waals surface area contributed by atoms with Crippen LogP contribution in [0.5, 0.6) is 5.75 Å². The molecule has 1 atom stereocenters. The van der Waals surface area contributed by atoms with Gasteiger partial charge in [0.25, 0.3) is 11.6 Å².